The zero-order valence-corrected chi connectivity index (χ0v) is 6.28. The molecule has 0 amide bonds. The van der Waals surface area contributed by atoms with E-state index in [-0.39, 0.29) is 13.0 Å². The molecule has 0 N–H and O–H groups in total. The van der Waals surface area contributed by atoms with Crippen LogP contribution in [-0.4, -0.2) is 18.1 Å². The minimum Gasteiger partial charge on any atom is -0.291 e. The van der Waals surface area contributed by atoms with Gasteiger partial charge >= 0.3 is 0 Å². The van der Waals surface area contributed by atoms with E-state index in [1.54, 1.807) is 0 Å². The van der Waals surface area contributed by atoms with E-state index in [4.69, 9.17) is 5.53 Å². The quantitative estimate of drug-likeness (QED) is 0.197. The standard InChI is InChI=1S/C6H9N3O2/c1-5(10)6(11)3-2-4-8-9-7/h2-4H2,1H3. The molecule has 0 spiro atoms. The number of hydrogen-bond donors (Lipinski definition) is 0. The molecule has 0 atom stereocenters. The number of Topliss-reactive ketones (excluding diaryl/α,β-unsaturated/α-hetero) is 2. The summed E-state index contributed by atoms with van der Waals surface area (Å²) < 4.78 is 0. The fraction of sp³-hybridized carbons (Fsp3) is 0.667. The van der Waals surface area contributed by atoms with Gasteiger partial charge in [-0.3, -0.25) is 9.59 Å². The van der Waals surface area contributed by atoms with Crippen LogP contribution < -0.4 is 0 Å². The van der Waals surface area contributed by atoms with Crippen molar-refractivity contribution in [2.24, 2.45) is 5.11 Å². The third kappa shape index (κ3) is 5.11. The van der Waals surface area contributed by atoms with Gasteiger partial charge in [0.25, 0.3) is 0 Å². The molecule has 0 aromatic heterocycles. The largest absolute Gasteiger partial charge is 0.291 e. The van der Waals surface area contributed by atoms with Gasteiger partial charge in [0, 0.05) is 24.8 Å². The van der Waals surface area contributed by atoms with Crippen molar-refractivity contribution in [2.45, 2.75) is 19.8 Å². The van der Waals surface area contributed by atoms with Crippen LogP contribution in [0.2, 0.25) is 0 Å². The maximum atomic E-state index is 10.6. The number of azide groups is 1. The van der Waals surface area contributed by atoms with Gasteiger partial charge in [0.15, 0.2) is 11.6 Å². The summed E-state index contributed by atoms with van der Waals surface area (Å²) in [5.74, 6) is -0.843. The van der Waals surface area contributed by atoms with Gasteiger partial charge < -0.3 is 0 Å². The topological polar surface area (TPSA) is 82.9 Å². The summed E-state index contributed by atoms with van der Waals surface area (Å²) in [5, 5.41) is 3.22. The van der Waals surface area contributed by atoms with Gasteiger partial charge in [-0.15, -0.1) is 0 Å². The molecule has 0 unspecified atom stereocenters. The van der Waals surface area contributed by atoms with Gasteiger partial charge in [0.05, 0.1) is 0 Å². The van der Waals surface area contributed by atoms with Crippen molar-refractivity contribution in [3.05, 3.63) is 10.4 Å². The molecule has 0 aliphatic heterocycles. The average molecular weight is 155 g/mol. The minimum atomic E-state index is -0.439. The molecule has 5 nitrogen and oxygen atoms in total. The first-order valence-electron chi connectivity index (χ1n) is 3.23. The lowest BCUT2D eigenvalue weighted by atomic mass is 10.2. The summed E-state index contributed by atoms with van der Waals surface area (Å²) >= 11 is 0. The second-order valence-electron chi connectivity index (χ2n) is 2.04. The van der Waals surface area contributed by atoms with Crippen LogP contribution in [0.25, 0.3) is 10.4 Å². The molecule has 0 aliphatic rings. The Hall–Kier alpha value is -1.35. The third-order valence-corrected chi connectivity index (χ3v) is 1.12. The van der Waals surface area contributed by atoms with E-state index in [1.807, 2.05) is 0 Å². The smallest absolute Gasteiger partial charge is 0.198 e. The summed E-state index contributed by atoms with van der Waals surface area (Å²) in [7, 11) is 0. The molecule has 0 fully saturated rings. The monoisotopic (exact) mass is 155 g/mol. The molecule has 0 aromatic rings. The summed E-state index contributed by atoms with van der Waals surface area (Å²) in [6.45, 7) is 1.51. The van der Waals surface area contributed by atoms with Crippen LogP contribution >= 0.6 is 0 Å². The van der Waals surface area contributed by atoms with Gasteiger partial charge in [0.1, 0.15) is 0 Å². The lowest BCUT2D eigenvalue weighted by Gasteiger charge is -1.91. The normalized spacial score (nSPS) is 8.45. The Bertz CT molecular complexity index is 206. The Labute approximate surface area is 64.0 Å². The molecule has 0 saturated carbocycles. The van der Waals surface area contributed by atoms with Crippen LogP contribution in [0.5, 0.6) is 0 Å². The number of nitrogens with zero attached hydrogens (tertiary/aromatic N) is 3. The van der Waals surface area contributed by atoms with Crippen LogP contribution in [-0.2, 0) is 9.59 Å². The second kappa shape index (κ2) is 5.44. The maximum absolute atomic E-state index is 10.6. The van der Waals surface area contributed by atoms with Crippen molar-refractivity contribution in [1.29, 1.82) is 0 Å². The highest BCUT2D eigenvalue weighted by atomic mass is 16.2. The van der Waals surface area contributed by atoms with E-state index in [2.05, 4.69) is 10.0 Å². The van der Waals surface area contributed by atoms with Crippen LogP contribution in [0.1, 0.15) is 19.8 Å². The first-order chi connectivity index (χ1) is 5.18. The SMILES string of the molecule is CC(=O)C(=O)CCCN=[N+]=[N-]. The lowest BCUT2D eigenvalue weighted by molar-refractivity contribution is -0.135. The average Bonchev–Trinajstić information content (AvgIpc) is 1.97. The van der Waals surface area contributed by atoms with Crippen LogP contribution in [0.15, 0.2) is 5.11 Å². The molecule has 0 radical (unpaired) electrons. The second-order valence-corrected chi connectivity index (χ2v) is 2.04. The van der Waals surface area contributed by atoms with E-state index in [0.717, 1.165) is 0 Å². The number of rotatable bonds is 5. The first-order valence-corrected chi connectivity index (χ1v) is 3.23. The molecule has 11 heavy (non-hydrogen) atoms. The molecule has 60 valence electrons. The van der Waals surface area contributed by atoms with E-state index >= 15 is 0 Å². The lowest BCUT2D eigenvalue weighted by Crippen LogP contribution is -2.08. The minimum absolute atomic E-state index is 0.175. The molecule has 0 heterocycles. The van der Waals surface area contributed by atoms with E-state index in [9.17, 15) is 9.59 Å². The predicted molar refractivity (Wildman–Crippen MR) is 38.9 cm³/mol. The molecule has 5 heteroatoms. The number of ketones is 2. The van der Waals surface area contributed by atoms with Crippen LogP contribution in [0, 0.1) is 0 Å². The fourth-order valence-corrected chi connectivity index (χ4v) is 0.531. The first kappa shape index (κ1) is 9.65. The van der Waals surface area contributed by atoms with Crippen LogP contribution in [0.4, 0.5) is 0 Å². The zero-order valence-electron chi connectivity index (χ0n) is 6.28. The molecule has 0 aromatic carbocycles. The number of carbonyl (C=O) groups is 2. The molecule has 0 aliphatic carbocycles. The Kier molecular flexibility index (Phi) is 4.77. The maximum Gasteiger partial charge on any atom is 0.198 e. The summed E-state index contributed by atoms with van der Waals surface area (Å²) in [5.41, 5.74) is 7.85. The van der Waals surface area contributed by atoms with Gasteiger partial charge in [0.2, 0.25) is 0 Å². The van der Waals surface area contributed by atoms with Crippen molar-refractivity contribution >= 4 is 11.6 Å². The van der Waals surface area contributed by atoms with E-state index < -0.39 is 11.6 Å². The Balaban J connectivity index is 3.47. The van der Waals surface area contributed by atoms with Crippen molar-refractivity contribution in [3.8, 4) is 0 Å². The van der Waals surface area contributed by atoms with Crippen molar-refractivity contribution < 1.29 is 9.59 Å². The molecular weight excluding hydrogens is 146 g/mol. The Morgan fingerprint density at radius 3 is 2.64 bits per heavy atom. The molecule has 0 saturated heterocycles. The summed E-state index contributed by atoms with van der Waals surface area (Å²) in [6, 6.07) is 0. The van der Waals surface area contributed by atoms with E-state index in [0.29, 0.717) is 6.42 Å². The Morgan fingerprint density at radius 1 is 1.55 bits per heavy atom. The van der Waals surface area contributed by atoms with Crippen LogP contribution in [0.3, 0.4) is 0 Å². The van der Waals surface area contributed by atoms with Crippen molar-refractivity contribution in [2.75, 3.05) is 6.54 Å². The highest BCUT2D eigenvalue weighted by Crippen LogP contribution is 1.92. The van der Waals surface area contributed by atoms with Gasteiger partial charge in [-0.2, -0.15) is 0 Å². The van der Waals surface area contributed by atoms with Crippen molar-refractivity contribution in [1.82, 2.24) is 0 Å². The number of hydrogen-bond acceptors (Lipinski definition) is 3. The highest BCUT2D eigenvalue weighted by molar-refractivity contribution is 6.36. The van der Waals surface area contributed by atoms with Gasteiger partial charge in [-0.1, -0.05) is 5.11 Å². The summed E-state index contributed by atoms with van der Waals surface area (Å²) in [6.07, 6.45) is 0.622. The fourth-order valence-electron chi connectivity index (χ4n) is 0.531. The molecular formula is C6H9N3O2. The van der Waals surface area contributed by atoms with Gasteiger partial charge in [-0.25, -0.2) is 0 Å². The predicted octanol–water partition coefficient (Wildman–Crippen LogP) is 1.24. The zero-order chi connectivity index (χ0) is 8.69. The molecule has 0 bridgehead atoms. The highest BCUT2D eigenvalue weighted by Gasteiger charge is 2.05. The molecule has 0 rings (SSSR count). The van der Waals surface area contributed by atoms with Crippen molar-refractivity contribution in [3.63, 3.8) is 0 Å². The van der Waals surface area contributed by atoms with E-state index in [1.165, 1.54) is 6.92 Å². The third-order valence-electron chi connectivity index (χ3n) is 1.12. The number of carbonyl (C=O) groups excluding carboxylic acids is 2. The Morgan fingerprint density at radius 2 is 2.18 bits per heavy atom. The van der Waals surface area contributed by atoms with Gasteiger partial charge in [-0.05, 0) is 12.0 Å². The summed E-state index contributed by atoms with van der Waals surface area (Å²) in [4.78, 5) is 23.5.